The minimum atomic E-state index is -0.469. The molecule has 3 aromatic carbocycles. The van der Waals surface area contributed by atoms with Crippen LogP contribution in [-0.2, 0) is 13.0 Å². The smallest absolute Gasteiger partial charge is 0.119 e. The highest BCUT2D eigenvalue weighted by molar-refractivity contribution is 5.70. The van der Waals surface area contributed by atoms with Crippen molar-refractivity contribution in [1.29, 1.82) is 0 Å². The maximum absolute atomic E-state index is 10.4. The topological polar surface area (TPSA) is 45.2 Å². The van der Waals surface area contributed by atoms with E-state index < -0.39 is 6.10 Å². The van der Waals surface area contributed by atoms with Crippen LogP contribution in [0.5, 0.6) is 11.5 Å². The van der Waals surface area contributed by atoms with Gasteiger partial charge in [0.15, 0.2) is 0 Å². The van der Waals surface area contributed by atoms with Crippen LogP contribution in [0.2, 0.25) is 0 Å². The maximum Gasteiger partial charge on any atom is 0.119 e. The summed E-state index contributed by atoms with van der Waals surface area (Å²) < 4.78 is 11.5. The molecule has 0 radical (unpaired) electrons. The fourth-order valence-corrected chi connectivity index (χ4v) is 5.79. The van der Waals surface area contributed by atoms with Gasteiger partial charge in [0.25, 0.3) is 0 Å². The number of hydrogen-bond acceptors (Lipinski definition) is 5. The van der Waals surface area contributed by atoms with E-state index in [-0.39, 0.29) is 0 Å². The predicted octanol–water partition coefficient (Wildman–Crippen LogP) is 5.69. The summed E-state index contributed by atoms with van der Waals surface area (Å²) in [5.74, 6) is 1.63. The molecule has 0 spiro atoms. The molecule has 0 aliphatic carbocycles. The van der Waals surface area contributed by atoms with Crippen molar-refractivity contribution < 1.29 is 14.6 Å². The molecule has 3 aromatic rings. The van der Waals surface area contributed by atoms with Gasteiger partial charge in [0.05, 0.1) is 7.11 Å². The molecule has 0 saturated carbocycles. The second-order valence-electron chi connectivity index (χ2n) is 10.9. The van der Waals surface area contributed by atoms with E-state index >= 15 is 0 Å². The van der Waals surface area contributed by atoms with Crippen LogP contribution in [0, 0.1) is 6.92 Å². The summed E-state index contributed by atoms with van der Waals surface area (Å²) in [7, 11) is 1.71. The van der Waals surface area contributed by atoms with Gasteiger partial charge in [-0.05, 0) is 123 Å². The first-order valence-electron chi connectivity index (χ1n) is 14.2. The number of β-amino-alcohol motifs (C(OH)–C–C–N with tert-alkyl or cyclic N) is 1. The van der Waals surface area contributed by atoms with Crippen molar-refractivity contribution in [3.63, 3.8) is 0 Å². The van der Waals surface area contributed by atoms with Gasteiger partial charge in [0.2, 0.25) is 0 Å². The molecule has 2 fully saturated rings. The Morgan fingerprint density at radius 1 is 0.789 bits per heavy atom. The second kappa shape index (κ2) is 12.8. The van der Waals surface area contributed by atoms with Gasteiger partial charge >= 0.3 is 0 Å². The predicted molar refractivity (Wildman–Crippen MR) is 154 cm³/mol. The molecule has 2 heterocycles. The fraction of sp³-hybridized carbons (Fsp3) is 0.455. The number of rotatable bonds is 11. The van der Waals surface area contributed by atoms with Crippen molar-refractivity contribution in [2.75, 3.05) is 46.4 Å². The van der Waals surface area contributed by atoms with Crippen molar-refractivity contribution in [1.82, 2.24) is 9.80 Å². The third-order valence-electron chi connectivity index (χ3n) is 7.99. The van der Waals surface area contributed by atoms with Gasteiger partial charge in [-0.2, -0.15) is 0 Å². The lowest BCUT2D eigenvalue weighted by Gasteiger charge is -2.19. The molecule has 1 N–H and O–H groups in total. The van der Waals surface area contributed by atoms with Crippen molar-refractivity contribution in [3.8, 4) is 22.6 Å². The average molecular weight is 515 g/mol. The highest BCUT2D eigenvalue weighted by Crippen LogP contribution is 2.31. The van der Waals surface area contributed by atoms with Gasteiger partial charge in [-0.3, -0.25) is 4.90 Å². The van der Waals surface area contributed by atoms with Crippen LogP contribution in [-0.4, -0.2) is 67.5 Å². The second-order valence-corrected chi connectivity index (χ2v) is 10.9. The van der Waals surface area contributed by atoms with Crippen LogP contribution in [0.1, 0.15) is 47.9 Å². The minimum absolute atomic E-state index is 0.313. The van der Waals surface area contributed by atoms with E-state index in [9.17, 15) is 5.11 Å². The zero-order valence-corrected chi connectivity index (χ0v) is 23.0. The summed E-state index contributed by atoms with van der Waals surface area (Å²) in [6.07, 6.45) is 5.50. The van der Waals surface area contributed by atoms with Crippen molar-refractivity contribution >= 4 is 0 Å². The molecule has 0 aromatic heterocycles. The SMILES string of the molecule is COc1ccc(Cc2ccc(CN3CCCC3)c(C)c2)c(-c2ccc(OCC(O)CN3CCCC3)cc2)c1. The van der Waals surface area contributed by atoms with E-state index in [2.05, 4.69) is 59.2 Å². The highest BCUT2D eigenvalue weighted by atomic mass is 16.5. The molecular weight excluding hydrogens is 472 g/mol. The highest BCUT2D eigenvalue weighted by Gasteiger charge is 2.17. The zero-order valence-electron chi connectivity index (χ0n) is 23.0. The zero-order chi connectivity index (χ0) is 26.3. The Labute approximate surface area is 228 Å². The van der Waals surface area contributed by atoms with Gasteiger partial charge in [-0.1, -0.05) is 36.4 Å². The molecule has 5 heteroatoms. The Morgan fingerprint density at radius 3 is 2.13 bits per heavy atom. The standard InChI is InChI=1S/C33H42N2O3/c1-25-19-26(7-8-29(25)22-34-15-3-4-16-34)20-28-11-14-32(37-2)21-33(28)27-9-12-31(13-10-27)38-24-30(36)23-35-17-5-6-18-35/h7-14,19,21,30,36H,3-6,15-18,20,22-24H2,1-2H3. The van der Waals surface area contributed by atoms with E-state index in [0.29, 0.717) is 13.2 Å². The summed E-state index contributed by atoms with van der Waals surface area (Å²) in [6, 6.07) is 21.5. The van der Waals surface area contributed by atoms with Crippen LogP contribution in [0.15, 0.2) is 60.7 Å². The lowest BCUT2D eigenvalue weighted by atomic mass is 9.93. The van der Waals surface area contributed by atoms with Crippen molar-refractivity contribution in [3.05, 3.63) is 82.9 Å². The van der Waals surface area contributed by atoms with E-state index in [4.69, 9.17) is 9.47 Å². The average Bonchev–Trinajstić information content (AvgIpc) is 3.64. The number of nitrogens with zero attached hydrogens (tertiary/aromatic N) is 2. The van der Waals surface area contributed by atoms with E-state index in [1.54, 1.807) is 7.11 Å². The van der Waals surface area contributed by atoms with Gasteiger partial charge < -0.3 is 19.5 Å². The quantitative estimate of drug-likeness (QED) is 0.356. The Morgan fingerprint density at radius 2 is 1.45 bits per heavy atom. The van der Waals surface area contributed by atoms with Gasteiger partial charge in [0.1, 0.15) is 24.2 Å². The number of aryl methyl sites for hydroxylation is 1. The first-order chi connectivity index (χ1) is 18.6. The van der Waals surface area contributed by atoms with Crippen molar-refractivity contribution in [2.45, 2.75) is 51.7 Å². The number of methoxy groups -OCH3 is 1. The summed E-state index contributed by atoms with van der Waals surface area (Å²) in [6.45, 7) is 8.90. The first-order valence-corrected chi connectivity index (χ1v) is 14.2. The molecule has 2 aliphatic rings. The molecule has 5 nitrogen and oxygen atoms in total. The Kier molecular flexibility index (Phi) is 9.00. The number of hydrogen-bond donors (Lipinski definition) is 1. The molecule has 2 saturated heterocycles. The third-order valence-corrected chi connectivity index (χ3v) is 7.99. The van der Waals surface area contributed by atoms with Crippen LogP contribution < -0.4 is 9.47 Å². The Balaban J connectivity index is 1.26. The van der Waals surface area contributed by atoms with E-state index in [1.165, 1.54) is 66.6 Å². The van der Waals surface area contributed by atoms with Crippen LogP contribution in [0.3, 0.4) is 0 Å². The number of aliphatic hydroxyl groups excluding tert-OH is 1. The molecule has 1 unspecified atom stereocenters. The Hall–Kier alpha value is -2.86. The molecule has 1 atom stereocenters. The first kappa shape index (κ1) is 26.7. The number of aliphatic hydroxyl groups is 1. The number of ether oxygens (including phenoxy) is 2. The van der Waals surface area contributed by atoms with Crippen LogP contribution in [0.4, 0.5) is 0 Å². The molecular formula is C33H42N2O3. The summed E-state index contributed by atoms with van der Waals surface area (Å²) >= 11 is 0. The summed E-state index contributed by atoms with van der Waals surface area (Å²) in [5.41, 5.74) is 7.71. The summed E-state index contributed by atoms with van der Waals surface area (Å²) in [4.78, 5) is 4.87. The fourth-order valence-electron chi connectivity index (χ4n) is 5.79. The summed E-state index contributed by atoms with van der Waals surface area (Å²) in [5, 5.41) is 10.4. The maximum atomic E-state index is 10.4. The van der Waals surface area contributed by atoms with Gasteiger partial charge in [-0.25, -0.2) is 0 Å². The van der Waals surface area contributed by atoms with Gasteiger partial charge in [-0.15, -0.1) is 0 Å². The van der Waals surface area contributed by atoms with E-state index in [0.717, 1.165) is 43.1 Å². The molecule has 2 aliphatic heterocycles. The van der Waals surface area contributed by atoms with Crippen LogP contribution in [0.25, 0.3) is 11.1 Å². The molecule has 38 heavy (non-hydrogen) atoms. The number of likely N-dealkylation sites (tertiary alicyclic amines) is 2. The molecule has 202 valence electrons. The van der Waals surface area contributed by atoms with Gasteiger partial charge in [0, 0.05) is 13.1 Å². The normalized spacial score (nSPS) is 17.1. The molecule has 0 bridgehead atoms. The largest absolute Gasteiger partial charge is 0.497 e. The lowest BCUT2D eigenvalue weighted by molar-refractivity contribution is 0.0758. The van der Waals surface area contributed by atoms with E-state index in [1.807, 2.05) is 18.2 Å². The minimum Gasteiger partial charge on any atom is -0.497 e. The molecule has 0 amide bonds. The molecule has 5 rings (SSSR count). The van der Waals surface area contributed by atoms with Crippen molar-refractivity contribution in [2.24, 2.45) is 0 Å². The third kappa shape index (κ3) is 6.96. The Bertz CT molecular complexity index is 1180. The monoisotopic (exact) mass is 514 g/mol. The van der Waals surface area contributed by atoms with Crippen LogP contribution >= 0.6 is 0 Å². The lowest BCUT2D eigenvalue weighted by Crippen LogP contribution is -2.33. The number of benzene rings is 3.